The number of nitrogens with zero attached hydrogens (tertiary/aromatic N) is 2. The maximum Gasteiger partial charge on any atom is 0.322 e. The number of piperidine rings is 1. The summed E-state index contributed by atoms with van der Waals surface area (Å²) in [5.74, 6) is -0.216. The van der Waals surface area contributed by atoms with Gasteiger partial charge in [0, 0.05) is 25.8 Å². The van der Waals surface area contributed by atoms with E-state index in [1.165, 1.54) is 24.2 Å². The Hall–Kier alpha value is -3.02. The predicted molar refractivity (Wildman–Crippen MR) is 123 cm³/mol. The Morgan fingerprint density at radius 2 is 1.60 bits per heavy atom. The van der Waals surface area contributed by atoms with E-state index in [0.717, 1.165) is 46.8 Å². The Morgan fingerprint density at radius 1 is 0.967 bits per heavy atom. The van der Waals surface area contributed by atoms with Crippen molar-refractivity contribution in [2.75, 3.05) is 42.2 Å². The molecule has 0 bridgehead atoms. The quantitative estimate of drug-likeness (QED) is 0.753. The molecule has 2 aromatic carbocycles. The molecule has 0 saturated carbocycles. The number of carbonyl (C=O) groups is 2. The van der Waals surface area contributed by atoms with Crippen molar-refractivity contribution in [2.24, 2.45) is 0 Å². The molecule has 0 aromatic heterocycles. The summed E-state index contributed by atoms with van der Waals surface area (Å²) in [5.41, 5.74) is 5.82. The molecule has 160 valence electrons. The molecule has 1 fully saturated rings. The largest absolute Gasteiger partial charge is 0.370 e. The first-order valence-electron chi connectivity index (χ1n) is 10.6. The van der Waals surface area contributed by atoms with Crippen LogP contribution in [0.2, 0.25) is 0 Å². The van der Waals surface area contributed by atoms with Gasteiger partial charge in [-0.3, -0.25) is 4.79 Å². The molecule has 3 amide bonds. The van der Waals surface area contributed by atoms with Gasteiger partial charge in [-0.2, -0.15) is 0 Å². The first-order valence-corrected chi connectivity index (χ1v) is 10.6. The number of anilines is 3. The maximum atomic E-state index is 12.7. The molecule has 3 rings (SSSR count). The Bertz CT molecular complexity index is 896. The van der Waals surface area contributed by atoms with Gasteiger partial charge in [-0.1, -0.05) is 29.8 Å². The Balaban J connectivity index is 1.62. The third kappa shape index (κ3) is 5.32. The highest BCUT2D eigenvalue weighted by atomic mass is 16.2. The van der Waals surface area contributed by atoms with Crippen LogP contribution in [0.3, 0.4) is 0 Å². The first kappa shape index (κ1) is 21.7. The van der Waals surface area contributed by atoms with Gasteiger partial charge >= 0.3 is 6.03 Å². The Labute approximate surface area is 179 Å². The number of nitrogens with one attached hydrogen (secondary N) is 2. The highest BCUT2D eigenvalue weighted by Crippen LogP contribution is 2.28. The van der Waals surface area contributed by atoms with Crippen molar-refractivity contribution in [1.29, 1.82) is 0 Å². The van der Waals surface area contributed by atoms with E-state index >= 15 is 0 Å². The molecule has 0 aliphatic carbocycles. The fourth-order valence-electron chi connectivity index (χ4n) is 4.04. The zero-order chi connectivity index (χ0) is 21.7. The summed E-state index contributed by atoms with van der Waals surface area (Å²) < 4.78 is 0. The van der Waals surface area contributed by atoms with Crippen LogP contribution in [0.4, 0.5) is 21.9 Å². The van der Waals surface area contributed by atoms with Crippen molar-refractivity contribution in [2.45, 2.75) is 40.0 Å². The average molecular weight is 409 g/mol. The summed E-state index contributed by atoms with van der Waals surface area (Å²) >= 11 is 0. The zero-order valence-corrected chi connectivity index (χ0v) is 18.4. The predicted octanol–water partition coefficient (Wildman–Crippen LogP) is 4.70. The van der Waals surface area contributed by atoms with Crippen LogP contribution in [-0.4, -0.2) is 43.5 Å². The number of carbonyl (C=O) groups excluding carboxylic acids is 2. The van der Waals surface area contributed by atoms with Crippen LogP contribution in [0, 0.1) is 20.8 Å². The molecule has 0 radical (unpaired) electrons. The number of benzene rings is 2. The van der Waals surface area contributed by atoms with E-state index in [0.29, 0.717) is 0 Å². The minimum atomic E-state index is -0.299. The van der Waals surface area contributed by atoms with Crippen LogP contribution < -0.4 is 15.5 Å². The molecule has 2 N–H and O–H groups in total. The van der Waals surface area contributed by atoms with Gasteiger partial charge in [0.1, 0.15) is 6.54 Å². The van der Waals surface area contributed by atoms with Gasteiger partial charge in [0.25, 0.3) is 0 Å². The second-order valence-corrected chi connectivity index (χ2v) is 8.17. The van der Waals surface area contributed by atoms with E-state index in [4.69, 9.17) is 0 Å². The summed E-state index contributed by atoms with van der Waals surface area (Å²) in [4.78, 5) is 29.0. The molecule has 1 saturated heterocycles. The molecular formula is C24H32N4O2. The summed E-state index contributed by atoms with van der Waals surface area (Å²) in [6.07, 6.45) is 3.59. The van der Waals surface area contributed by atoms with Crippen LogP contribution in [0.1, 0.15) is 36.0 Å². The number of hydrogen-bond acceptors (Lipinski definition) is 3. The van der Waals surface area contributed by atoms with Gasteiger partial charge in [-0.15, -0.1) is 0 Å². The lowest BCUT2D eigenvalue weighted by atomic mass is 10.1. The Morgan fingerprint density at radius 3 is 2.27 bits per heavy atom. The lowest BCUT2D eigenvalue weighted by molar-refractivity contribution is -0.116. The molecule has 1 aliphatic heterocycles. The van der Waals surface area contributed by atoms with Gasteiger partial charge in [-0.05, 0) is 63.3 Å². The third-order valence-corrected chi connectivity index (χ3v) is 5.51. The topological polar surface area (TPSA) is 64.7 Å². The number of para-hydroxylation sites is 2. The van der Waals surface area contributed by atoms with Crippen molar-refractivity contribution < 1.29 is 9.59 Å². The van der Waals surface area contributed by atoms with Crippen LogP contribution >= 0.6 is 0 Å². The normalized spacial score (nSPS) is 13.7. The highest BCUT2D eigenvalue weighted by molar-refractivity contribution is 5.98. The minimum Gasteiger partial charge on any atom is -0.370 e. The van der Waals surface area contributed by atoms with Crippen LogP contribution in [0.5, 0.6) is 0 Å². The molecule has 0 unspecified atom stereocenters. The van der Waals surface area contributed by atoms with Crippen LogP contribution in [0.25, 0.3) is 0 Å². The molecule has 0 atom stereocenters. The van der Waals surface area contributed by atoms with Crippen LogP contribution in [-0.2, 0) is 4.79 Å². The van der Waals surface area contributed by atoms with Gasteiger partial charge in [0.05, 0.1) is 11.4 Å². The van der Waals surface area contributed by atoms with E-state index in [1.54, 1.807) is 7.05 Å². The van der Waals surface area contributed by atoms with Crippen LogP contribution in [0.15, 0.2) is 36.4 Å². The highest BCUT2D eigenvalue weighted by Gasteiger charge is 2.18. The fraction of sp³-hybridized carbons (Fsp3) is 0.417. The van der Waals surface area contributed by atoms with Crippen molar-refractivity contribution in [3.05, 3.63) is 53.1 Å². The smallest absolute Gasteiger partial charge is 0.322 e. The number of aryl methyl sites for hydroxylation is 3. The summed E-state index contributed by atoms with van der Waals surface area (Å²) in [6, 6.07) is 11.6. The van der Waals surface area contributed by atoms with E-state index < -0.39 is 0 Å². The molecule has 30 heavy (non-hydrogen) atoms. The number of amides is 3. The summed E-state index contributed by atoms with van der Waals surface area (Å²) in [7, 11) is 1.63. The molecule has 6 heteroatoms. The van der Waals surface area contributed by atoms with E-state index in [-0.39, 0.29) is 18.5 Å². The third-order valence-electron chi connectivity index (χ3n) is 5.51. The SMILES string of the molecule is Cc1cc(C)c(NC(=O)CN(C)C(=O)Nc2ccccc2N2CCCCC2)c(C)c1. The second kappa shape index (κ2) is 9.65. The summed E-state index contributed by atoms with van der Waals surface area (Å²) in [6.45, 7) is 7.96. The van der Waals surface area contributed by atoms with E-state index in [1.807, 2.05) is 57.2 Å². The first-order chi connectivity index (χ1) is 14.3. The maximum absolute atomic E-state index is 12.7. The standard InChI is InChI=1S/C24H32N4O2/c1-17-14-18(2)23(19(3)15-17)26-22(29)16-27(4)24(30)25-20-10-6-7-11-21(20)28-12-8-5-9-13-28/h6-7,10-11,14-15H,5,8-9,12-13,16H2,1-4H3,(H,25,30)(H,26,29). The van der Waals surface area contributed by atoms with Gasteiger partial charge < -0.3 is 20.4 Å². The average Bonchev–Trinajstić information content (AvgIpc) is 2.71. The fourth-order valence-corrected chi connectivity index (χ4v) is 4.04. The molecule has 0 spiro atoms. The molecule has 1 heterocycles. The number of rotatable bonds is 5. The zero-order valence-electron chi connectivity index (χ0n) is 18.4. The van der Waals surface area contributed by atoms with Crippen molar-refractivity contribution in [1.82, 2.24) is 4.90 Å². The second-order valence-electron chi connectivity index (χ2n) is 8.17. The van der Waals surface area contributed by atoms with Gasteiger partial charge in [0.2, 0.25) is 5.91 Å². The Kier molecular flexibility index (Phi) is 6.98. The van der Waals surface area contributed by atoms with Gasteiger partial charge in [0.15, 0.2) is 0 Å². The number of likely N-dealkylation sites (N-methyl/N-ethyl adjacent to an activating group) is 1. The van der Waals surface area contributed by atoms with Crippen molar-refractivity contribution >= 4 is 29.0 Å². The minimum absolute atomic E-state index is 0.0233. The molecule has 2 aromatic rings. The van der Waals surface area contributed by atoms with E-state index in [9.17, 15) is 9.59 Å². The molecule has 1 aliphatic rings. The van der Waals surface area contributed by atoms with Crippen molar-refractivity contribution in [3.8, 4) is 0 Å². The number of hydrogen-bond donors (Lipinski definition) is 2. The van der Waals surface area contributed by atoms with E-state index in [2.05, 4.69) is 15.5 Å². The summed E-state index contributed by atoms with van der Waals surface area (Å²) in [5, 5.41) is 5.92. The molecule has 6 nitrogen and oxygen atoms in total. The molecular weight excluding hydrogens is 376 g/mol. The lowest BCUT2D eigenvalue weighted by Gasteiger charge is -2.31. The number of urea groups is 1. The lowest BCUT2D eigenvalue weighted by Crippen LogP contribution is -2.38. The monoisotopic (exact) mass is 408 g/mol. The van der Waals surface area contributed by atoms with Gasteiger partial charge in [-0.25, -0.2) is 4.79 Å². The van der Waals surface area contributed by atoms with Crippen molar-refractivity contribution in [3.63, 3.8) is 0 Å².